The third-order valence-electron chi connectivity index (χ3n) is 3.46. The fourth-order valence-electron chi connectivity index (χ4n) is 2.22. The lowest BCUT2D eigenvalue weighted by atomic mass is 10.2. The molecular weight excluding hydrogens is 320 g/mol. The number of hydrogen-bond donors (Lipinski definition) is 2. The van der Waals surface area contributed by atoms with Gasteiger partial charge < -0.3 is 20.4 Å². The van der Waals surface area contributed by atoms with Crippen LogP contribution in [0.3, 0.4) is 0 Å². The maximum Gasteiger partial charge on any atom is 0.263 e. The average Bonchev–Trinajstić information content (AvgIpc) is 3.09. The molecule has 2 rings (SSSR count). The molecule has 0 spiro atoms. The van der Waals surface area contributed by atoms with Crippen LogP contribution in [0.15, 0.2) is 47.2 Å². The van der Waals surface area contributed by atoms with E-state index in [1.807, 2.05) is 16.7 Å². The van der Waals surface area contributed by atoms with Gasteiger partial charge in [0.15, 0.2) is 5.88 Å². The molecule has 8 heteroatoms. The zero-order valence-electron chi connectivity index (χ0n) is 14.7. The van der Waals surface area contributed by atoms with Gasteiger partial charge in [-0.1, -0.05) is 6.07 Å². The van der Waals surface area contributed by atoms with Crippen molar-refractivity contribution in [2.24, 2.45) is 10.7 Å². The third kappa shape index (κ3) is 4.23. The van der Waals surface area contributed by atoms with E-state index in [9.17, 15) is 4.79 Å². The molecule has 0 aromatic carbocycles. The molecule has 8 nitrogen and oxygen atoms in total. The van der Waals surface area contributed by atoms with Crippen LogP contribution in [-0.4, -0.2) is 40.8 Å². The summed E-state index contributed by atoms with van der Waals surface area (Å²) in [5.41, 5.74) is 7.40. The zero-order valence-corrected chi connectivity index (χ0v) is 14.7. The van der Waals surface area contributed by atoms with Crippen LogP contribution in [0.25, 0.3) is 11.4 Å². The Morgan fingerprint density at radius 2 is 2.20 bits per heavy atom. The van der Waals surface area contributed by atoms with Gasteiger partial charge in [-0.3, -0.25) is 9.79 Å². The molecule has 0 radical (unpaired) electrons. The third-order valence-corrected chi connectivity index (χ3v) is 3.46. The SMILES string of the molecule is CN=C/C(C(=O)Nc1cccc(-c2cncn2C(C)C)n1)=C(\N)OC. The molecule has 0 aliphatic heterocycles. The van der Waals surface area contributed by atoms with Gasteiger partial charge in [-0.15, -0.1) is 0 Å². The first-order chi connectivity index (χ1) is 12.0. The molecule has 132 valence electrons. The number of hydrogen-bond acceptors (Lipinski definition) is 6. The van der Waals surface area contributed by atoms with Crippen molar-refractivity contribution >= 4 is 17.9 Å². The van der Waals surface area contributed by atoms with E-state index in [-0.39, 0.29) is 17.5 Å². The largest absolute Gasteiger partial charge is 0.482 e. The summed E-state index contributed by atoms with van der Waals surface area (Å²) < 4.78 is 6.93. The molecule has 0 fully saturated rings. The van der Waals surface area contributed by atoms with E-state index >= 15 is 0 Å². The minimum absolute atomic E-state index is 0.0165. The lowest BCUT2D eigenvalue weighted by molar-refractivity contribution is -0.112. The molecule has 0 saturated carbocycles. The van der Waals surface area contributed by atoms with Crippen molar-refractivity contribution in [3.63, 3.8) is 0 Å². The summed E-state index contributed by atoms with van der Waals surface area (Å²) >= 11 is 0. The van der Waals surface area contributed by atoms with Crippen molar-refractivity contribution in [3.05, 3.63) is 42.2 Å². The normalized spacial score (nSPS) is 12.4. The summed E-state index contributed by atoms with van der Waals surface area (Å²) in [4.78, 5) is 24.9. The second-order valence-electron chi connectivity index (χ2n) is 5.51. The number of methoxy groups -OCH3 is 1. The van der Waals surface area contributed by atoms with Crippen molar-refractivity contribution < 1.29 is 9.53 Å². The number of rotatable bonds is 6. The Balaban J connectivity index is 2.30. The van der Waals surface area contributed by atoms with Crippen LogP contribution in [0, 0.1) is 0 Å². The van der Waals surface area contributed by atoms with E-state index in [2.05, 4.69) is 34.1 Å². The summed E-state index contributed by atoms with van der Waals surface area (Å²) in [5, 5.41) is 2.70. The van der Waals surface area contributed by atoms with Crippen LogP contribution >= 0.6 is 0 Å². The summed E-state index contributed by atoms with van der Waals surface area (Å²) in [6, 6.07) is 5.61. The first-order valence-corrected chi connectivity index (χ1v) is 7.74. The molecule has 2 aromatic rings. The predicted molar refractivity (Wildman–Crippen MR) is 97.1 cm³/mol. The van der Waals surface area contributed by atoms with Crippen LogP contribution in [-0.2, 0) is 9.53 Å². The van der Waals surface area contributed by atoms with Gasteiger partial charge in [-0.2, -0.15) is 0 Å². The Bertz CT molecular complexity index is 807. The van der Waals surface area contributed by atoms with Crippen LogP contribution < -0.4 is 11.1 Å². The number of carbonyl (C=O) groups is 1. The Labute approximate surface area is 146 Å². The minimum atomic E-state index is -0.452. The number of nitrogens with one attached hydrogen (secondary N) is 1. The number of nitrogens with two attached hydrogens (primary N) is 1. The van der Waals surface area contributed by atoms with Gasteiger partial charge in [0.25, 0.3) is 5.91 Å². The Hall–Kier alpha value is -3.16. The molecule has 0 unspecified atom stereocenters. The summed E-state index contributed by atoms with van der Waals surface area (Å²) in [7, 11) is 2.93. The number of aromatic nitrogens is 3. The zero-order chi connectivity index (χ0) is 18.4. The Kier molecular flexibility index (Phi) is 5.89. The van der Waals surface area contributed by atoms with Gasteiger partial charge in [0.1, 0.15) is 11.4 Å². The number of ether oxygens (including phenoxy) is 1. The standard InChI is InChI=1S/C17H22N6O2/c1-11(2)23-10-20-9-14(23)13-6-5-7-15(21-13)22-17(24)12(8-19-3)16(18)25-4/h5-11H,18H2,1-4H3,(H,21,22,24)/b16-12-,19-8?. The summed E-state index contributed by atoms with van der Waals surface area (Å²) in [5.74, 6) is -0.0750. The molecule has 0 bridgehead atoms. The van der Waals surface area contributed by atoms with Gasteiger partial charge in [0.05, 0.1) is 31.0 Å². The molecule has 3 N–H and O–H groups in total. The maximum absolute atomic E-state index is 12.4. The summed E-state index contributed by atoms with van der Waals surface area (Å²) in [6.45, 7) is 4.12. The Morgan fingerprint density at radius 1 is 1.44 bits per heavy atom. The molecule has 0 aliphatic rings. The highest BCUT2D eigenvalue weighted by atomic mass is 16.5. The number of pyridine rings is 1. The lowest BCUT2D eigenvalue weighted by Crippen LogP contribution is -2.21. The molecule has 2 aromatic heterocycles. The maximum atomic E-state index is 12.4. The average molecular weight is 342 g/mol. The van der Waals surface area contributed by atoms with Crippen molar-refractivity contribution in [3.8, 4) is 11.4 Å². The van der Waals surface area contributed by atoms with Crippen molar-refractivity contribution in [1.29, 1.82) is 0 Å². The number of aliphatic imine (C=N–C) groups is 1. The highest BCUT2D eigenvalue weighted by Gasteiger charge is 2.15. The van der Waals surface area contributed by atoms with Gasteiger partial charge in [0.2, 0.25) is 0 Å². The van der Waals surface area contributed by atoms with E-state index in [0.29, 0.717) is 11.5 Å². The van der Waals surface area contributed by atoms with Gasteiger partial charge >= 0.3 is 0 Å². The van der Waals surface area contributed by atoms with Crippen LogP contribution in [0.4, 0.5) is 5.82 Å². The molecular formula is C17H22N6O2. The van der Waals surface area contributed by atoms with Crippen molar-refractivity contribution in [2.75, 3.05) is 19.5 Å². The summed E-state index contributed by atoms with van der Waals surface area (Å²) in [6.07, 6.45) is 4.84. The van der Waals surface area contributed by atoms with E-state index in [1.54, 1.807) is 25.6 Å². The number of amides is 1. The predicted octanol–water partition coefficient (Wildman–Crippen LogP) is 1.98. The van der Waals surface area contributed by atoms with Crippen molar-refractivity contribution in [2.45, 2.75) is 19.9 Å². The first-order valence-electron chi connectivity index (χ1n) is 7.74. The van der Waals surface area contributed by atoms with E-state index in [4.69, 9.17) is 10.5 Å². The molecule has 0 atom stereocenters. The Morgan fingerprint density at radius 3 is 2.84 bits per heavy atom. The van der Waals surface area contributed by atoms with Crippen molar-refractivity contribution in [1.82, 2.24) is 14.5 Å². The van der Waals surface area contributed by atoms with E-state index in [0.717, 1.165) is 5.69 Å². The molecule has 1 amide bonds. The van der Waals surface area contributed by atoms with Crippen LogP contribution in [0.1, 0.15) is 19.9 Å². The van der Waals surface area contributed by atoms with Crippen LogP contribution in [0.5, 0.6) is 0 Å². The van der Waals surface area contributed by atoms with Crippen LogP contribution in [0.2, 0.25) is 0 Å². The second kappa shape index (κ2) is 8.09. The fraction of sp³-hybridized carbons (Fsp3) is 0.294. The number of anilines is 1. The number of nitrogens with zero attached hydrogens (tertiary/aromatic N) is 4. The molecule has 25 heavy (non-hydrogen) atoms. The van der Waals surface area contributed by atoms with Gasteiger partial charge in [-0.05, 0) is 26.0 Å². The highest BCUT2D eigenvalue weighted by molar-refractivity contribution is 6.17. The monoisotopic (exact) mass is 342 g/mol. The highest BCUT2D eigenvalue weighted by Crippen LogP contribution is 2.22. The lowest BCUT2D eigenvalue weighted by Gasteiger charge is -2.12. The first kappa shape index (κ1) is 18.2. The van der Waals surface area contributed by atoms with E-state index in [1.165, 1.54) is 13.3 Å². The second-order valence-corrected chi connectivity index (χ2v) is 5.51. The minimum Gasteiger partial charge on any atom is -0.482 e. The topological polar surface area (TPSA) is 107 Å². The smallest absolute Gasteiger partial charge is 0.263 e. The number of imidazole rings is 1. The molecule has 0 saturated heterocycles. The van der Waals surface area contributed by atoms with E-state index < -0.39 is 5.91 Å². The molecule has 2 heterocycles. The fourth-order valence-corrected chi connectivity index (χ4v) is 2.22. The number of carbonyl (C=O) groups excluding carboxylic acids is 1. The van der Waals surface area contributed by atoms with Gasteiger partial charge in [0, 0.05) is 19.3 Å². The van der Waals surface area contributed by atoms with Gasteiger partial charge in [-0.25, -0.2) is 9.97 Å². The molecule has 0 aliphatic carbocycles. The quantitative estimate of drug-likeness (QED) is 0.474.